The average Bonchev–Trinajstić information content (AvgIpc) is 2.50. The van der Waals surface area contributed by atoms with Crippen molar-refractivity contribution < 1.29 is 14.2 Å². The first-order valence-corrected chi connectivity index (χ1v) is 7.18. The van der Waals surface area contributed by atoms with Crippen molar-refractivity contribution in [1.82, 2.24) is 4.90 Å². The van der Waals surface area contributed by atoms with Gasteiger partial charge in [0.05, 0.1) is 0 Å². The van der Waals surface area contributed by atoms with Crippen LogP contribution >= 0.6 is 0 Å². The highest BCUT2D eigenvalue weighted by Gasteiger charge is 2.40. The van der Waals surface area contributed by atoms with Gasteiger partial charge in [0.1, 0.15) is 0 Å². The van der Waals surface area contributed by atoms with E-state index in [2.05, 4.69) is 5.32 Å². The molecule has 112 valence electrons. The van der Waals surface area contributed by atoms with Crippen molar-refractivity contribution in [3.8, 4) is 0 Å². The summed E-state index contributed by atoms with van der Waals surface area (Å²) in [6.07, 6.45) is 1.83. The third-order valence-corrected chi connectivity index (χ3v) is 3.99. The van der Waals surface area contributed by atoms with Crippen LogP contribution in [0.3, 0.4) is 0 Å². The number of aromatic nitrogens is 1. The number of hydrogen-bond acceptors (Lipinski definition) is 2. The number of para-hydroxylation sites is 1. The molecule has 5 heteroatoms. The van der Waals surface area contributed by atoms with Gasteiger partial charge in [0.15, 0.2) is 12.2 Å². The Balaban J connectivity index is 1.94. The van der Waals surface area contributed by atoms with E-state index in [4.69, 9.17) is 0 Å². The standard InChI is InChI=1S/C17H17N3O2/c1-12-7-3-4-8-13(12)18-17(22)16-14-9-5-6-10-20(14)11-15(21)19(16)2/h3-10,16H,11H2,1-2H3/p+1/t16-/m0/s1. The fourth-order valence-electron chi connectivity index (χ4n) is 2.71. The fourth-order valence-corrected chi connectivity index (χ4v) is 2.71. The molecule has 0 saturated carbocycles. The molecular formula is C17H18N3O2+. The fraction of sp³-hybridized carbons (Fsp3) is 0.235. The molecule has 1 atom stereocenters. The van der Waals surface area contributed by atoms with Gasteiger partial charge in [-0.1, -0.05) is 24.3 Å². The van der Waals surface area contributed by atoms with Crippen molar-refractivity contribution >= 4 is 17.5 Å². The first kappa shape index (κ1) is 14.3. The van der Waals surface area contributed by atoms with Crippen LogP contribution in [-0.2, 0) is 16.1 Å². The highest BCUT2D eigenvalue weighted by molar-refractivity contribution is 5.98. The van der Waals surface area contributed by atoms with Crippen molar-refractivity contribution in [2.45, 2.75) is 19.5 Å². The van der Waals surface area contributed by atoms with E-state index in [1.807, 2.05) is 60.2 Å². The molecule has 0 spiro atoms. The quantitative estimate of drug-likeness (QED) is 0.853. The Kier molecular flexibility index (Phi) is 3.63. The predicted molar refractivity (Wildman–Crippen MR) is 82.0 cm³/mol. The Morgan fingerprint density at radius 3 is 2.73 bits per heavy atom. The topological polar surface area (TPSA) is 53.3 Å². The molecule has 1 N–H and O–H groups in total. The molecule has 1 aromatic heterocycles. The van der Waals surface area contributed by atoms with E-state index in [-0.39, 0.29) is 18.4 Å². The molecule has 22 heavy (non-hydrogen) atoms. The van der Waals surface area contributed by atoms with Gasteiger partial charge in [-0.05, 0) is 18.6 Å². The van der Waals surface area contributed by atoms with Crippen LogP contribution in [0.5, 0.6) is 0 Å². The lowest BCUT2D eigenvalue weighted by molar-refractivity contribution is -0.698. The van der Waals surface area contributed by atoms with Crippen molar-refractivity contribution in [3.05, 3.63) is 59.9 Å². The molecular weight excluding hydrogens is 278 g/mol. The molecule has 1 aliphatic rings. The molecule has 1 aromatic carbocycles. The Morgan fingerprint density at radius 1 is 1.23 bits per heavy atom. The zero-order valence-electron chi connectivity index (χ0n) is 12.6. The number of nitrogens with zero attached hydrogens (tertiary/aromatic N) is 2. The number of likely N-dealkylation sites (N-methyl/N-ethyl adjacent to an activating group) is 1. The summed E-state index contributed by atoms with van der Waals surface area (Å²) in [6.45, 7) is 2.20. The summed E-state index contributed by atoms with van der Waals surface area (Å²) in [7, 11) is 1.67. The Morgan fingerprint density at radius 2 is 1.95 bits per heavy atom. The number of hydrogen-bond donors (Lipinski definition) is 1. The number of benzene rings is 1. The SMILES string of the molecule is Cc1ccccc1NC(=O)[C@@H]1c2cccc[n+]2CC(=O)N1C. The Hall–Kier alpha value is -2.69. The molecule has 2 heterocycles. The number of anilines is 1. The summed E-state index contributed by atoms with van der Waals surface area (Å²) in [5.41, 5.74) is 2.57. The van der Waals surface area contributed by atoms with Crippen molar-refractivity contribution in [3.63, 3.8) is 0 Å². The largest absolute Gasteiger partial charge is 0.324 e. The van der Waals surface area contributed by atoms with E-state index < -0.39 is 6.04 Å². The van der Waals surface area contributed by atoms with Crippen LogP contribution in [0.2, 0.25) is 0 Å². The van der Waals surface area contributed by atoms with E-state index in [9.17, 15) is 9.59 Å². The smallest absolute Gasteiger partial charge is 0.289 e. The van der Waals surface area contributed by atoms with Crippen LogP contribution in [0.1, 0.15) is 17.3 Å². The minimum absolute atomic E-state index is 0.0753. The van der Waals surface area contributed by atoms with E-state index in [1.165, 1.54) is 4.90 Å². The first-order chi connectivity index (χ1) is 10.6. The predicted octanol–water partition coefficient (Wildman–Crippen LogP) is 1.43. The zero-order chi connectivity index (χ0) is 15.7. The molecule has 2 aromatic rings. The lowest BCUT2D eigenvalue weighted by Crippen LogP contribution is -2.57. The molecule has 0 fully saturated rings. The van der Waals surface area contributed by atoms with Crippen molar-refractivity contribution in [1.29, 1.82) is 0 Å². The summed E-state index contributed by atoms with van der Waals surface area (Å²) in [5.74, 6) is -0.279. The normalized spacial score (nSPS) is 17.1. The van der Waals surface area contributed by atoms with Gasteiger partial charge in [-0.15, -0.1) is 0 Å². The lowest BCUT2D eigenvalue weighted by Gasteiger charge is -2.28. The number of pyridine rings is 1. The van der Waals surface area contributed by atoms with E-state index in [0.717, 1.165) is 16.9 Å². The first-order valence-electron chi connectivity index (χ1n) is 7.18. The number of aryl methyl sites for hydroxylation is 1. The maximum Gasteiger partial charge on any atom is 0.289 e. The molecule has 0 bridgehead atoms. The van der Waals surface area contributed by atoms with Gasteiger partial charge in [-0.25, -0.2) is 0 Å². The molecule has 3 rings (SSSR count). The summed E-state index contributed by atoms with van der Waals surface area (Å²) >= 11 is 0. The van der Waals surface area contributed by atoms with Gasteiger partial charge < -0.3 is 10.2 Å². The molecule has 5 nitrogen and oxygen atoms in total. The summed E-state index contributed by atoms with van der Waals surface area (Å²) < 4.78 is 1.82. The van der Waals surface area contributed by atoms with Crippen LogP contribution < -0.4 is 9.88 Å². The van der Waals surface area contributed by atoms with Gasteiger partial charge >= 0.3 is 0 Å². The molecule has 2 amide bonds. The number of carbonyl (C=O) groups excluding carboxylic acids is 2. The monoisotopic (exact) mass is 296 g/mol. The summed E-state index contributed by atoms with van der Waals surface area (Å²) in [4.78, 5) is 26.3. The van der Waals surface area contributed by atoms with Gasteiger partial charge in [0, 0.05) is 24.9 Å². The average molecular weight is 296 g/mol. The van der Waals surface area contributed by atoms with E-state index in [1.54, 1.807) is 7.05 Å². The lowest BCUT2D eigenvalue weighted by atomic mass is 10.1. The Labute approximate surface area is 129 Å². The molecule has 0 unspecified atom stereocenters. The van der Waals surface area contributed by atoms with Crippen molar-refractivity contribution in [2.24, 2.45) is 0 Å². The number of fused-ring (bicyclic) bond motifs is 1. The van der Waals surface area contributed by atoms with Crippen molar-refractivity contribution in [2.75, 3.05) is 12.4 Å². The number of rotatable bonds is 2. The minimum atomic E-state index is -0.623. The van der Waals surface area contributed by atoms with Gasteiger partial charge in [0.2, 0.25) is 12.2 Å². The van der Waals surface area contributed by atoms with Crippen LogP contribution in [-0.4, -0.2) is 23.8 Å². The second-order valence-electron chi connectivity index (χ2n) is 5.46. The molecule has 0 aliphatic carbocycles. The third kappa shape index (κ3) is 2.45. The summed E-state index contributed by atoms with van der Waals surface area (Å²) in [6, 6.07) is 12.6. The van der Waals surface area contributed by atoms with Crippen LogP contribution in [0.4, 0.5) is 5.69 Å². The van der Waals surface area contributed by atoms with E-state index >= 15 is 0 Å². The van der Waals surface area contributed by atoms with Gasteiger partial charge in [-0.3, -0.25) is 9.59 Å². The molecule has 0 saturated heterocycles. The zero-order valence-corrected chi connectivity index (χ0v) is 12.6. The van der Waals surface area contributed by atoms with Gasteiger partial charge in [0.25, 0.3) is 11.8 Å². The second-order valence-corrected chi connectivity index (χ2v) is 5.46. The Bertz CT molecular complexity index is 742. The maximum atomic E-state index is 12.7. The number of amides is 2. The van der Waals surface area contributed by atoms with Gasteiger partial charge in [-0.2, -0.15) is 4.57 Å². The minimum Gasteiger partial charge on any atom is -0.324 e. The molecule has 0 radical (unpaired) electrons. The number of carbonyl (C=O) groups is 2. The van der Waals surface area contributed by atoms with Crippen LogP contribution in [0, 0.1) is 6.92 Å². The number of nitrogens with one attached hydrogen (secondary N) is 1. The highest BCUT2D eigenvalue weighted by atomic mass is 16.2. The van der Waals surface area contributed by atoms with E-state index in [0.29, 0.717) is 0 Å². The maximum absolute atomic E-state index is 12.7. The molecule has 1 aliphatic heterocycles. The van der Waals surface area contributed by atoms with Crippen LogP contribution in [0.15, 0.2) is 48.7 Å². The third-order valence-electron chi connectivity index (χ3n) is 3.99. The summed E-state index contributed by atoms with van der Waals surface area (Å²) in [5, 5.41) is 2.93. The second kappa shape index (κ2) is 5.60. The van der Waals surface area contributed by atoms with Crippen LogP contribution in [0.25, 0.3) is 0 Å². The highest BCUT2D eigenvalue weighted by Crippen LogP contribution is 2.23.